The predicted octanol–water partition coefficient (Wildman–Crippen LogP) is 3.32. The summed E-state index contributed by atoms with van der Waals surface area (Å²) in [7, 11) is 0. The predicted molar refractivity (Wildman–Crippen MR) is 116 cm³/mol. The van der Waals surface area contributed by atoms with Gasteiger partial charge in [0.2, 0.25) is 0 Å². The number of hydrogen-bond donors (Lipinski definition) is 1. The third-order valence-electron chi connectivity index (χ3n) is 5.47. The number of carbonyl (C=O) groups is 1. The number of carbonyl (C=O) groups excluding carboxylic acids is 1. The maximum absolute atomic E-state index is 13.1. The Bertz CT molecular complexity index is 1010. The first-order valence-electron chi connectivity index (χ1n) is 10.4. The molecule has 0 unspecified atom stereocenters. The van der Waals surface area contributed by atoms with Crippen LogP contribution < -0.4 is 10.6 Å². The lowest BCUT2D eigenvalue weighted by Crippen LogP contribution is -2.43. The number of hydrogen-bond acceptors (Lipinski definition) is 9. The average molecular weight is 443 g/mol. The molecule has 0 bridgehead atoms. The van der Waals surface area contributed by atoms with Gasteiger partial charge in [0.05, 0.1) is 25.4 Å². The minimum atomic E-state index is -1.07. The Kier molecular flexibility index (Phi) is 8.06. The maximum atomic E-state index is 13.1. The van der Waals surface area contributed by atoms with Crippen LogP contribution in [0.1, 0.15) is 48.3 Å². The van der Waals surface area contributed by atoms with Crippen LogP contribution in [0.3, 0.4) is 0 Å². The molecule has 2 aromatic rings. The number of rotatable bonds is 11. The Morgan fingerprint density at radius 2 is 2.16 bits per heavy atom. The van der Waals surface area contributed by atoms with Crippen molar-refractivity contribution in [2.75, 3.05) is 19.7 Å². The van der Waals surface area contributed by atoms with E-state index in [0.29, 0.717) is 23.9 Å². The van der Waals surface area contributed by atoms with E-state index in [4.69, 9.17) is 16.1 Å². The lowest BCUT2D eigenvalue weighted by Gasteiger charge is -2.21. The molecule has 1 aliphatic rings. The standard InChI is InChI=1S/C19H25N9O4/c20-26-22-10-15-17(19(29)28(21)11-14(25-31)9-23-30)27-8-4-7-16(18(27)24-15)32-12-13-5-2-1-3-6-13/h4,7-8,13-14H,1-3,5-6,9-12,21H2/t14-/m0/s1. The zero-order valence-electron chi connectivity index (χ0n) is 17.5. The summed E-state index contributed by atoms with van der Waals surface area (Å²) in [6.45, 7) is -0.335. The van der Waals surface area contributed by atoms with Crippen molar-refractivity contribution in [2.45, 2.75) is 44.7 Å². The quantitative estimate of drug-likeness (QED) is 0.106. The van der Waals surface area contributed by atoms with E-state index in [1.165, 1.54) is 23.7 Å². The van der Waals surface area contributed by atoms with Crippen LogP contribution in [-0.2, 0) is 6.54 Å². The molecule has 2 N–H and O–H groups in total. The molecule has 13 heteroatoms. The second kappa shape index (κ2) is 11.2. The molecule has 1 saturated carbocycles. The Morgan fingerprint density at radius 1 is 1.38 bits per heavy atom. The van der Waals surface area contributed by atoms with Crippen molar-refractivity contribution in [3.8, 4) is 5.75 Å². The average Bonchev–Trinajstić information content (AvgIpc) is 3.20. The van der Waals surface area contributed by atoms with Crippen molar-refractivity contribution in [3.05, 3.63) is 50.0 Å². The Balaban J connectivity index is 1.91. The molecule has 0 aliphatic heterocycles. The van der Waals surface area contributed by atoms with E-state index in [9.17, 15) is 14.6 Å². The molecule has 0 saturated heterocycles. The number of hydrazine groups is 1. The molecule has 0 aromatic carbocycles. The van der Waals surface area contributed by atoms with Gasteiger partial charge in [-0.05, 0) is 36.4 Å². The Hall–Kier alpha value is -3.57. The van der Waals surface area contributed by atoms with E-state index in [1.54, 1.807) is 18.3 Å². The Labute approximate surface area is 183 Å². The van der Waals surface area contributed by atoms with Crippen LogP contribution in [0.25, 0.3) is 16.1 Å². The molecule has 0 spiro atoms. The summed E-state index contributed by atoms with van der Waals surface area (Å²) in [5.41, 5.74) is 9.40. The number of amides is 1. The number of azide groups is 1. The fraction of sp³-hybridized carbons (Fsp3) is 0.579. The van der Waals surface area contributed by atoms with Gasteiger partial charge in [-0.15, -0.1) is 0 Å². The van der Waals surface area contributed by atoms with Gasteiger partial charge in [-0.3, -0.25) is 14.2 Å². The van der Waals surface area contributed by atoms with Gasteiger partial charge in [0.1, 0.15) is 18.3 Å². The van der Waals surface area contributed by atoms with Crippen LogP contribution in [0.2, 0.25) is 0 Å². The van der Waals surface area contributed by atoms with Crippen LogP contribution in [0, 0.1) is 15.7 Å². The molecule has 0 radical (unpaired) electrons. The van der Waals surface area contributed by atoms with E-state index in [-0.39, 0.29) is 24.5 Å². The first kappa shape index (κ1) is 23.1. The molecule has 32 heavy (non-hydrogen) atoms. The smallest absolute Gasteiger partial charge is 0.286 e. The number of nitrogens with two attached hydrogens (primary N) is 1. The molecular formula is C19H25N9O4. The van der Waals surface area contributed by atoms with Gasteiger partial charge in [-0.1, -0.05) is 34.7 Å². The summed E-state index contributed by atoms with van der Waals surface area (Å²) in [5, 5.41) is 9.70. The van der Waals surface area contributed by atoms with E-state index >= 15 is 0 Å². The van der Waals surface area contributed by atoms with Crippen molar-refractivity contribution in [1.82, 2.24) is 14.4 Å². The number of ether oxygens (including phenoxy) is 1. The SMILES string of the molecule is [N-]=[N+]=NCc1nc2c(OCC3CCCCC3)cccn2c1C(=O)N(N)C[C@H](CN=O)N=O. The molecule has 13 nitrogen and oxygen atoms in total. The normalized spacial score (nSPS) is 15.0. The largest absolute Gasteiger partial charge is 0.489 e. The summed E-state index contributed by atoms with van der Waals surface area (Å²) in [5.74, 6) is 6.16. The summed E-state index contributed by atoms with van der Waals surface area (Å²) < 4.78 is 7.56. The van der Waals surface area contributed by atoms with Crippen molar-refractivity contribution in [1.29, 1.82) is 0 Å². The van der Waals surface area contributed by atoms with Gasteiger partial charge in [0.15, 0.2) is 11.4 Å². The van der Waals surface area contributed by atoms with Crippen molar-refractivity contribution in [2.24, 2.45) is 27.2 Å². The van der Waals surface area contributed by atoms with E-state index in [1.807, 2.05) is 0 Å². The minimum Gasteiger partial charge on any atom is -0.489 e. The summed E-state index contributed by atoms with van der Waals surface area (Å²) in [6, 6.07) is 2.40. The van der Waals surface area contributed by atoms with Crippen LogP contribution in [0.15, 0.2) is 33.8 Å². The van der Waals surface area contributed by atoms with Crippen LogP contribution in [-0.4, -0.2) is 46.0 Å². The van der Waals surface area contributed by atoms with Gasteiger partial charge in [-0.25, -0.2) is 10.8 Å². The van der Waals surface area contributed by atoms with Gasteiger partial charge in [0, 0.05) is 11.1 Å². The highest BCUT2D eigenvalue weighted by molar-refractivity contribution is 5.94. The molecular weight excluding hydrogens is 418 g/mol. The first-order valence-corrected chi connectivity index (χ1v) is 10.4. The number of nitroso groups, excluding NO2 is 2. The van der Waals surface area contributed by atoms with E-state index in [0.717, 1.165) is 17.9 Å². The highest BCUT2D eigenvalue weighted by atomic mass is 16.5. The van der Waals surface area contributed by atoms with Gasteiger partial charge < -0.3 is 4.74 Å². The number of nitrogens with zero attached hydrogens (tertiary/aromatic N) is 8. The maximum Gasteiger partial charge on any atom is 0.286 e. The number of imidazole rings is 1. The lowest BCUT2D eigenvalue weighted by atomic mass is 9.90. The lowest BCUT2D eigenvalue weighted by molar-refractivity contribution is 0.0738. The van der Waals surface area contributed by atoms with Crippen LogP contribution in [0.5, 0.6) is 5.75 Å². The molecule has 2 heterocycles. The van der Waals surface area contributed by atoms with Crippen molar-refractivity contribution in [3.63, 3.8) is 0 Å². The highest BCUT2D eigenvalue weighted by Gasteiger charge is 2.26. The minimum absolute atomic E-state index is 0.0710. The molecule has 1 fully saturated rings. The number of fused-ring (bicyclic) bond motifs is 1. The van der Waals surface area contributed by atoms with Crippen LogP contribution >= 0.6 is 0 Å². The molecule has 3 rings (SSSR count). The van der Waals surface area contributed by atoms with Gasteiger partial charge in [-0.2, -0.15) is 9.81 Å². The second-order valence-electron chi connectivity index (χ2n) is 7.71. The zero-order chi connectivity index (χ0) is 22.9. The fourth-order valence-electron chi connectivity index (χ4n) is 3.86. The molecule has 1 amide bonds. The molecule has 1 aliphatic carbocycles. The van der Waals surface area contributed by atoms with Crippen LogP contribution in [0.4, 0.5) is 0 Å². The first-order chi connectivity index (χ1) is 15.6. The fourth-order valence-corrected chi connectivity index (χ4v) is 3.86. The second-order valence-corrected chi connectivity index (χ2v) is 7.71. The van der Waals surface area contributed by atoms with Crippen molar-refractivity contribution < 1.29 is 9.53 Å². The van der Waals surface area contributed by atoms with Crippen molar-refractivity contribution >= 4 is 11.6 Å². The molecule has 170 valence electrons. The van der Waals surface area contributed by atoms with Gasteiger partial charge in [0.25, 0.3) is 5.91 Å². The van der Waals surface area contributed by atoms with E-state index < -0.39 is 18.5 Å². The summed E-state index contributed by atoms with van der Waals surface area (Å²) in [4.78, 5) is 41.6. The number of aromatic nitrogens is 2. The monoisotopic (exact) mass is 443 g/mol. The van der Waals surface area contributed by atoms with E-state index in [2.05, 4.69) is 25.4 Å². The summed E-state index contributed by atoms with van der Waals surface area (Å²) in [6.07, 6.45) is 7.50. The number of pyridine rings is 1. The Morgan fingerprint density at radius 3 is 2.84 bits per heavy atom. The topological polar surface area (TPSA) is 180 Å². The van der Waals surface area contributed by atoms with Gasteiger partial charge >= 0.3 is 0 Å². The molecule has 1 atom stereocenters. The molecule has 2 aromatic heterocycles. The zero-order valence-corrected chi connectivity index (χ0v) is 17.5. The summed E-state index contributed by atoms with van der Waals surface area (Å²) >= 11 is 0. The highest BCUT2D eigenvalue weighted by Crippen LogP contribution is 2.27. The third-order valence-corrected chi connectivity index (χ3v) is 5.47. The third kappa shape index (κ3) is 5.37.